The van der Waals surface area contributed by atoms with Crippen molar-refractivity contribution < 1.29 is 0 Å². The monoisotopic (exact) mass is 175 g/mol. The Morgan fingerprint density at radius 2 is 1.42 bits per heavy atom. The molecule has 0 aliphatic carbocycles. The molecule has 0 atom stereocenters. The molecule has 0 bridgehead atoms. The van der Waals surface area contributed by atoms with Gasteiger partial charge in [-0.3, -0.25) is 0 Å². The molecule has 0 rings (SSSR count). The van der Waals surface area contributed by atoms with Crippen LogP contribution >= 0.6 is 0 Å². The third-order valence-corrected chi connectivity index (χ3v) is 0.972. The Balaban J connectivity index is -0.000000137. The van der Waals surface area contributed by atoms with Crippen molar-refractivity contribution >= 4 is 0 Å². The lowest BCUT2D eigenvalue weighted by Gasteiger charge is -2.00. The predicted octanol–water partition coefficient (Wildman–Crippen LogP) is 3.69. The summed E-state index contributed by atoms with van der Waals surface area (Å²) >= 11 is 0. The zero-order chi connectivity index (χ0) is 10.4. The van der Waals surface area contributed by atoms with E-state index in [4.69, 9.17) is 0 Å². The predicted molar refractivity (Wildman–Crippen MR) is 60.7 cm³/mol. The van der Waals surface area contributed by atoms with Gasteiger partial charge in [-0.15, -0.1) is 0 Å². The molecule has 1 N–H and O–H groups in total. The van der Waals surface area contributed by atoms with Crippen LogP contribution in [-0.2, 0) is 0 Å². The van der Waals surface area contributed by atoms with E-state index in [-0.39, 0.29) is 0 Å². The van der Waals surface area contributed by atoms with Crippen LogP contribution in [0.3, 0.4) is 0 Å². The molecule has 0 unspecified atom stereocenters. The Morgan fingerprint density at radius 1 is 1.08 bits per heavy atom. The van der Waals surface area contributed by atoms with Gasteiger partial charge in [-0.05, 0) is 25.9 Å². The Labute approximate surface area is 80.0 Å². The summed E-state index contributed by atoms with van der Waals surface area (Å²) in [5, 5.41) is 3.10. The fraction of sp³-hybridized carbons (Fsp3) is 1.00. The lowest BCUT2D eigenvalue weighted by molar-refractivity contribution is 0.562. The van der Waals surface area contributed by atoms with Crippen molar-refractivity contribution in [3.63, 3.8) is 0 Å². The minimum Gasteiger partial charge on any atom is -0.320 e. The van der Waals surface area contributed by atoms with E-state index < -0.39 is 0 Å². The molecular weight excluding hydrogens is 146 g/mol. The smallest absolute Gasteiger partial charge is 0.00495 e. The molecule has 0 aromatic heterocycles. The van der Waals surface area contributed by atoms with Crippen molar-refractivity contribution in [2.45, 2.75) is 54.4 Å². The minimum atomic E-state index is 0.840. The highest BCUT2D eigenvalue weighted by Crippen LogP contribution is 1.94. The number of nitrogens with one attached hydrogen (secondary N) is 1. The zero-order valence-electron chi connectivity index (χ0n) is 10.2. The van der Waals surface area contributed by atoms with Crippen LogP contribution in [0, 0.1) is 5.92 Å². The lowest BCUT2D eigenvalue weighted by Crippen LogP contribution is -2.09. The molecule has 78 valence electrons. The maximum Gasteiger partial charge on any atom is -0.00495 e. The van der Waals surface area contributed by atoms with Gasteiger partial charge >= 0.3 is 0 Å². The molecule has 0 aromatic rings. The molecule has 0 aliphatic heterocycles. The maximum atomic E-state index is 3.10. The van der Waals surface area contributed by atoms with Crippen molar-refractivity contribution in [2.24, 2.45) is 5.92 Å². The molecular formula is C11H29N. The van der Waals surface area contributed by atoms with Crippen LogP contribution in [0.15, 0.2) is 0 Å². The van der Waals surface area contributed by atoms with E-state index in [0.717, 1.165) is 12.5 Å². The number of hydrogen-bond donors (Lipinski definition) is 1. The van der Waals surface area contributed by atoms with Crippen LogP contribution in [0.2, 0.25) is 0 Å². The standard InChI is InChI=1S/C6H15N.C3H8.C2H6/c1-6(2)4-5-7-3;1-3-2;1-2/h6-7H,4-5H2,1-3H3;3H2,1-2H3;1-2H3. The molecule has 0 heterocycles. The van der Waals surface area contributed by atoms with Crippen LogP contribution in [0.5, 0.6) is 0 Å². The first kappa shape index (κ1) is 17.9. The van der Waals surface area contributed by atoms with Crippen LogP contribution in [0.4, 0.5) is 0 Å². The van der Waals surface area contributed by atoms with Gasteiger partial charge < -0.3 is 5.32 Å². The second-order valence-electron chi connectivity index (χ2n) is 2.99. The van der Waals surface area contributed by atoms with E-state index in [1.165, 1.54) is 12.8 Å². The molecule has 0 amide bonds. The van der Waals surface area contributed by atoms with Crippen LogP contribution in [0.1, 0.15) is 54.4 Å². The molecule has 0 saturated heterocycles. The molecule has 1 heteroatoms. The second-order valence-corrected chi connectivity index (χ2v) is 2.99. The molecule has 0 aromatic carbocycles. The van der Waals surface area contributed by atoms with Gasteiger partial charge in [0.1, 0.15) is 0 Å². The molecule has 0 saturated carbocycles. The molecule has 0 spiro atoms. The summed E-state index contributed by atoms with van der Waals surface area (Å²) in [7, 11) is 1.99. The second kappa shape index (κ2) is 22.4. The van der Waals surface area contributed by atoms with E-state index in [2.05, 4.69) is 33.0 Å². The van der Waals surface area contributed by atoms with Gasteiger partial charge in [-0.2, -0.15) is 0 Å². The van der Waals surface area contributed by atoms with Crippen LogP contribution in [0.25, 0.3) is 0 Å². The highest BCUT2D eigenvalue weighted by molar-refractivity contribution is 4.45. The normalized spacial score (nSPS) is 8.00. The summed E-state index contributed by atoms with van der Waals surface area (Å²) in [4.78, 5) is 0. The van der Waals surface area contributed by atoms with Crippen molar-refractivity contribution in [1.29, 1.82) is 0 Å². The van der Waals surface area contributed by atoms with E-state index in [1.807, 2.05) is 20.9 Å². The van der Waals surface area contributed by atoms with Gasteiger partial charge in [0.15, 0.2) is 0 Å². The van der Waals surface area contributed by atoms with Crippen LogP contribution in [-0.4, -0.2) is 13.6 Å². The summed E-state index contributed by atoms with van der Waals surface area (Å²) in [6, 6.07) is 0. The molecule has 0 radical (unpaired) electrons. The summed E-state index contributed by atoms with van der Waals surface area (Å²) in [6.45, 7) is 13.9. The van der Waals surface area contributed by atoms with Gasteiger partial charge in [-0.25, -0.2) is 0 Å². The first-order valence-electron chi connectivity index (χ1n) is 5.33. The highest BCUT2D eigenvalue weighted by Gasteiger charge is 1.88. The summed E-state index contributed by atoms with van der Waals surface area (Å²) < 4.78 is 0. The SMILES string of the molecule is CC.CCC.CNCCC(C)C. The van der Waals surface area contributed by atoms with E-state index in [0.29, 0.717) is 0 Å². The molecule has 0 fully saturated rings. The third-order valence-electron chi connectivity index (χ3n) is 0.972. The summed E-state index contributed by atoms with van der Waals surface area (Å²) in [6.07, 6.45) is 2.54. The lowest BCUT2D eigenvalue weighted by atomic mass is 10.1. The zero-order valence-corrected chi connectivity index (χ0v) is 10.2. The van der Waals surface area contributed by atoms with Gasteiger partial charge in [0.2, 0.25) is 0 Å². The summed E-state index contributed by atoms with van der Waals surface area (Å²) in [5.41, 5.74) is 0. The fourth-order valence-corrected chi connectivity index (χ4v) is 0.433. The van der Waals surface area contributed by atoms with E-state index in [1.54, 1.807) is 0 Å². The highest BCUT2D eigenvalue weighted by atomic mass is 14.8. The number of hydrogen-bond acceptors (Lipinski definition) is 1. The van der Waals surface area contributed by atoms with Crippen molar-refractivity contribution in [2.75, 3.05) is 13.6 Å². The first-order chi connectivity index (χ1) is 5.68. The average molecular weight is 175 g/mol. The van der Waals surface area contributed by atoms with Gasteiger partial charge in [0.25, 0.3) is 0 Å². The molecule has 1 nitrogen and oxygen atoms in total. The largest absolute Gasteiger partial charge is 0.320 e. The van der Waals surface area contributed by atoms with Gasteiger partial charge in [0.05, 0.1) is 0 Å². The topological polar surface area (TPSA) is 12.0 Å². The Kier molecular flexibility index (Phi) is 33.5. The quantitative estimate of drug-likeness (QED) is 0.690. The Bertz CT molecular complexity index is 42.3. The summed E-state index contributed by atoms with van der Waals surface area (Å²) in [5.74, 6) is 0.840. The molecule has 12 heavy (non-hydrogen) atoms. The van der Waals surface area contributed by atoms with Crippen LogP contribution < -0.4 is 5.32 Å². The maximum absolute atomic E-state index is 3.10. The van der Waals surface area contributed by atoms with E-state index >= 15 is 0 Å². The van der Waals surface area contributed by atoms with Crippen molar-refractivity contribution in [3.8, 4) is 0 Å². The fourth-order valence-electron chi connectivity index (χ4n) is 0.433. The Hall–Kier alpha value is -0.0400. The minimum absolute atomic E-state index is 0.840. The first-order valence-corrected chi connectivity index (χ1v) is 5.33. The van der Waals surface area contributed by atoms with Gasteiger partial charge in [0, 0.05) is 0 Å². The van der Waals surface area contributed by atoms with E-state index in [9.17, 15) is 0 Å². The third kappa shape index (κ3) is 51.0. The van der Waals surface area contributed by atoms with Crippen molar-refractivity contribution in [3.05, 3.63) is 0 Å². The van der Waals surface area contributed by atoms with Crippen molar-refractivity contribution in [1.82, 2.24) is 5.32 Å². The Morgan fingerprint density at radius 3 is 1.50 bits per heavy atom. The van der Waals surface area contributed by atoms with Gasteiger partial charge in [-0.1, -0.05) is 48.0 Å². The number of rotatable bonds is 3. The average Bonchev–Trinajstić information content (AvgIpc) is 2.06. The molecule has 0 aliphatic rings.